The van der Waals surface area contributed by atoms with E-state index in [1.54, 1.807) is 21.3 Å². The van der Waals surface area contributed by atoms with Gasteiger partial charge in [0.2, 0.25) is 5.75 Å². The average Bonchev–Trinajstić information content (AvgIpc) is 2.52. The lowest BCUT2D eigenvalue weighted by Crippen LogP contribution is -2.21. The minimum absolute atomic E-state index is 0.267. The summed E-state index contributed by atoms with van der Waals surface area (Å²) in [7, 11) is 4.90. The van der Waals surface area contributed by atoms with Gasteiger partial charge in [-0.1, -0.05) is 13.0 Å². The van der Waals surface area contributed by atoms with Crippen LogP contribution in [0.5, 0.6) is 17.2 Å². The number of hydrogen-bond acceptors (Lipinski definition) is 4. The minimum atomic E-state index is 0.267. The third kappa shape index (κ3) is 4.67. The molecular formula is C17H27NO3. The highest BCUT2D eigenvalue weighted by atomic mass is 16.5. The highest BCUT2D eigenvalue weighted by Gasteiger charge is 2.18. The van der Waals surface area contributed by atoms with Gasteiger partial charge in [0.05, 0.1) is 21.3 Å². The van der Waals surface area contributed by atoms with Crippen molar-refractivity contribution >= 4 is 0 Å². The zero-order valence-corrected chi connectivity index (χ0v) is 13.6. The predicted octanol–water partition coefficient (Wildman–Crippen LogP) is 3.72. The SMILES string of the molecule is C=CCCCC(NCC)c1cc(OC)c(OC)c(OC)c1. The lowest BCUT2D eigenvalue weighted by atomic mass is 9.99. The maximum atomic E-state index is 5.42. The van der Waals surface area contributed by atoms with E-state index in [4.69, 9.17) is 14.2 Å². The molecule has 0 amide bonds. The summed E-state index contributed by atoms with van der Waals surface area (Å²) in [5.74, 6) is 2.02. The fourth-order valence-corrected chi connectivity index (χ4v) is 2.40. The topological polar surface area (TPSA) is 39.7 Å². The largest absolute Gasteiger partial charge is 0.493 e. The molecule has 1 unspecified atom stereocenters. The van der Waals surface area contributed by atoms with E-state index in [2.05, 4.69) is 18.8 Å². The molecule has 0 aliphatic carbocycles. The second kappa shape index (κ2) is 9.29. The fourth-order valence-electron chi connectivity index (χ4n) is 2.40. The molecule has 21 heavy (non-hydrogen) atoms. The molecule has 1 aromatic rings. The van der Waals surface area contributed by atoms with E-state index in [1.165, 1.54) is 0 Å². The standard InChI is InChI=1S/C17H27NO3/c1-6-8-9-10-14(18-7-2)13-11-15(19-3)17(21-5)16(12-13)20-4/h6,11-12,14,18H,1,7-10H2,2-5H3. The molecule has 1 atom stereocenters. The number of unbranched alkanes of at least 4 members (excludes halogenated alkanes) is 1. The van der Waals surface area contributed by atoms with Gasteiger partial charge in [-0.3, -0.25) is 0 Å². The number of methoxy groups -OCH3 is 3. The summed E-state index contributed by atoms with van der Waals surface area (Å²) in [5, 5.41) is 3.51. The van der Waals surface area contributed by atoms with Crippen LogP contribution in [0.15, 0.2) is 24.8 Å². The number of allylic oxidation sites excluding steroid dienone is 1. The summed E-state index contributed by atoms with van der Waals surface area (Å²) < 4.78 is 16.2. The first-order chi connectivity index (χ1) is 10.2. The molecule has 1 aromatic carbocycles. The summed E-state index contributed by atoms with van der Waals surface area (Å²) in [6.45, 7) is 6.80. The molecule has 0 saturated carbocycles. The molecule has 0 spiro atoms. The average molecular weight is 293 g/mol. The normalized spacial score (nSPS) is 11.8. The highest BCUT2D eigenvalue weighted by Crippen LogP contribution is 2.40. The molecule has 1 rings (SSSR count). The molecular weight excluding hydrogens is 266 g/mol. The summed E-state index contributed by atoms with van der Waals surface area (Å²) in [6.07, 6.45) is 5.11. The third-order valence-corrected chi connectivity index (χ3v) is 3.44. The van der Waals surface area contributed by atoms with Crippen LogP contribution in [0.4, 0.5) is 0 Å². The Hall–Kier alpha value is -1.68. The van der Waals surface area contributed by atoms with Gasteiger partial charge >= 0.3 is 0 Å². The summed E-state index contributed by atoms with van der Waals surface area (Å²) in [6, 6.07) is 4.30. The summed E-state index contributed by atoms with van der Waals surface area (Å²) in [4.78, 5) is 0. The molecule has 0 saturated heterocycles. The number of hydrogen-bond donors (Lipinski definition) is 1. The molecule has 0 heterocycles. The van der Waals surface area contributed by atoms with Gasteiger partial charge in [0.1, 0.15) is 0 Å². The van der Waals surface area contributed by atoms with Crippen molar-refractivity contribution in [3.8, 4) is 17.2 Å². The van der Waals surface area contributed by atoms with Crippen LogP contribution in [-0.4, -0.2) is 27.9 Å². The van der Waals surface area contributed by atoms with Crippen molar-refractivity contribution in [2.75, 3.05) is 27.9 Å². The lowest BCUT2D eigenvalue weighted by Gasteiger charge is -2.21. The van der Waals surface area contributed by atoms with Crippen LogP contribution >= 0.6 is 0 Å². The predicted molar refractivity (Wildman–Crippen MR) is 86.6 cm³/mol. The Kier molecular flexibility index (Phi) is 7.69. The minimum Gasteiger partial charge on any atom is -0.493 e. The third-order valence-electron chi connectivity index (χ3n) is 3.44. The molecule has 0 aliphatic rings. The smallest absolute Gasteiger partial charge is 0.203 e. The Labute approximate surface area is 128 Å². The molecule has 0 aliphatic heterocycles. The number of ether oxygens (including phenoxy) is 3. The van der Waals surface area contributed by atoms with Gasteiger partial charge in [0.15, 0.2) is 11.5 Å². The van der Waals surface area contributed by atoms with E-state index < -0.39 is 0 Å². The Morgan fingerprint density at radius 2 is 1.76 bits per heavy atom. The van der Waals surface area contributed by atoms with E-state index in [0.717, 1.165) is 31.4 Å². The van der Waals surface area contributed by atoms with Gasteiger partial charge in [-0.05, 0) is 43.5 Å². The number of benzene rings is 1. The van der Waals surface area contributed by atoms with Crippen molar-refractivity contribution in [1.82, 2.24) is 5.32 Å². The van der Waals surface area contributed by atoms with Gasteiger partial charge in [0, 0.05) is 6.04 Å². The van der Waals surface area contributed by atoms with Gasteiger partial charge < -0.3 is 19.5 Å². The van der Waals surface area contributed by atoms with Gasteiger partial charge in [-0.15, -0.1) is 6.58 Å². The van der Waals surface area contributed by atoms with Crippen LogP contribution in [0.3, 0.4) is 0 Å². The van der Waals surface area contributed by atoms with Crippen LogP contribution in [0.1, 0.15) is 37.8 Å². The van der Waals surface area contributed by atoms with Crippen molar-refractivity contribution in [3.05, 3.63) is 30.4 Å². The first kappa shape index (κ1) is 17.4. The van der Waals surface area contributed by atoms with Gasteiger partial charge in [-0.25, -0.2) is 0 Å². The van der Waals surface area contributed by atoms with E-state index >= 15 is 0 Å². The Morgan fingerprint density at radius 3 is 2.19 bits per heavy atom. The molecule has 0 aromatic heterocycles. The monoisotopic (exact) mass is 293 g/mol. The Balaban J connectivity index is 3.08. The van der Waals surface area contributed by atoms with Crippen molar-refractivity contribution < 1.29 is 14.2 Å². The molecule has 0 fully saturated rings. The van der Waals surface area contributed by atoms with Crippen LogP contribution in [0.2, 0.25) is 0 Å². The van der Waals surface area contributed by atoms with E-state index in [9.17, 15) is 0 Å². The zero-order chi connectivity index (χ0) is 15.7. The Bertz CT molecular complexity index is 421. The summed E-state index contributed by atoms with van der Waals surface area (Å²) >= 11 is 0. The number of rotatable bonds is 10. The molecule has 0 bridgehead atoms. The van der Waals surface area contributed by atoms with E-state index in [1.807, 2.05) is 18.2 Å². The quantitative estimate of drug-likeness (QED) is 0.527. The van der Waals surface area contributed by atoms with Crippen molar-refractivity contribution in [1.29, 1.82) is 0 Å². The van der Waals surface area contributed by atoms with Crippen LogP contribution < -0.4 is 19.5 Å². The van der Waals surface area contributed by atoms with Crippen LogP contribution in [0, 0.1) is 0 Å². The second-order valence-electron chi connectivity index (χ2n) is 4.79. The van der Waals surface area contributed by atoms with Crippen LogP contribution in [0.25, 0.3) is 0 Å². The molecule has 1 N–H and O–H groups in total. The van der Waals surface area contributed by atoms with E-state index in [-0.39, 0.29) is 6.04 Å². The van der Waals surface area contributed by atoms with Crippen molar-refractivity contribution in [2.24, 2.45) is 0 Å². The highest BCUT2D eigenvalue weighted by molar-refractivity contribution is 5.54. The number of nitrogens with one attached hydrogen (secondary N) is 1. The second-order valence-corrected chi connectivity index (χ2v) is 4.79. The first-order valence-corrected chi connectivity index (χ1v) is 7.35. The first-order valence-electron chi connectivity index (χ1n) is 7.35. The van der Waals surface area contributed by atoms with Gasteiger partial charge in [0.25, 0.3) is 0 Å². The van der Waals surface area contributed by atoms with Crippen molar-refractivity contribution in [3.63, 3.8) is 0 Å². The zero-order valence-electron chi connectivity index (χ0n) is 13.6. The maximum absolute atomic E-state index is 5.42. The van der Waals surface area contributed by atoms with Gasteiger partial charge in [-0.2, -0.15) is 0 Å². The molecule has 0 radical (unpaired) electrons. The van der Waals surface area contributed by atoms with Crippen LogP contribution in [-0.2, 0) is 0 Å². The molecule has 4 nitrogen and oxygen atoms in total. The molecule has 118 valence electrons. The summed E-state index contributed by atoms with van der Waals surface area (Å²) in [5.41, 5.74) is 1.15. The molecule has 4 heteroatoms. The Morgan fingerprint density at radius 1 is 1.14 bits per heavy atom. The van der Waals surface area contributed by atoms with Crippen molar-refractivity contribution in [2.45, 2.75) is 32.2 Å². The maximum Gasteiger partial charge on any atom is 0.203 e. The van der Waals surface area contributed by atoms with E-state index in [0.29, 0.717) is 17.2 Å². The lowest BCUT2D eigenvalue weighted by molar-refractivity contribution is 0.322. The fraction of sp³-hybridized carbons (Fsp3) is 0.529.